The molecule has 0 nitrogen and oxygen atoms in total. The summed E-state index contributed by atoms with van der Waals surface area (Å²) in [5.74, 6) is 4.05. The molecule has 0 aromatic heterocycles. The van der Waals surface area contributed by atoms with E-state index in [1.54, 1.807) is 0 Å². The molecule has 2 fully saturated rings. The minimum atomic E-state index is 0.835. The normalized spacial score (nSPS) is 37.4. The van der Waals surface area contributed by atoms with E-state index in [-0.39, 0.29) is 0 Å². The molecule has 0 saturated heterocycles. The summed E-state index contributed by atoms with van der Waals surface area (Å²) >= 11 is 0. The molecule has 0 aliphatic heterocycles. The Bertz CT molecular complexity index is 226. The third-order valence-corrected chi connectivity index (χ3v) is 5.67. The third-order valence-electron chi connectivity index (χ3n) is 5.67. The van der Waals surface area contributed by atoms with Gasteiger partial charge in [0, 0.05) is 0 Å². The molecule has 0 heteroatoms. The predicted octanol–water partition coefficient (Wildman–Crippen LogP) is 5.98. The van der Waals surface area contributed by atoms with Gasteiger partial charge in [0.05, 0.1) is 0 Å². The van der Waals surface area contributed by atoms with E-state index in [0.717, 1.165) is 23.7 Å². The minimum Gasteiger partial charge on any atom is -0.103 e. The van der Waals surface area contributed by atoms with Crippen LogP contribution in [-0.2, 0) is 0 Å². The molecule has 2 rings (SSSR count). The van der Waals surface area contributed by atoms with Gasteiger partial charge in [0.2, 0.25) is 0 Å². The molecule has 2 aliphatic carbocycles. The maximum atomic E-state index is 3.96. The lowest BCUT2D eigenvalue weighted by Gasteiger charge is -2.37. The Morgan fingerprint density at radius 3 is 1.94 bits per heavy atom. The molecule has 0 N–H and O–H groups in total. The molecule has 0 unspecified atom stereocenters. The Morgan fingerprint density at radius 1 is 0.889 bits per heavy atom. The van der Waals surface area contributed by atoms with Crippen molar-refractivity contribution < 1.29 is 0 Å². The fourth-order valence-electron chi connectivity index (χ4n) is 4.29. The third kappa shape index (κ3) is 3.87. The first kappa shape index (κ1) is 14.2. The zero-order valence-corrected chi connectivity index (χ0v) is 12.4. The molecule has 0 heterocycles. The Labute approximate surface area is 114 Å². The zero-order valence-electron chi connectivity index (χ0n) is 12.4. The number of hydrogen-bond donors (Lipinski definition) is 0. The van der Waals surface area contributed by atoms with Crippen molar-refractivity contribution in [2.75, 3.05) is 0 Å². The van der Waals surface area contributed by atoms with Crippen LogP contribution in [-0.4, -0.2) is 0 Å². The zero-order chi connectivity index (χ0) is 12.8. The Kier molecular flexibility index (Phi) is 5.79. The summed E-state index contributed by atoms with van der Waals surface area (Å²) in [5.41, 5.74) is 0. The average Bonchev–Trinajstić information content (AvgIpc) is 2.46. The second-order valence-electron chi connectivity index (χ2n) is 6.83. The maximum Gasteiger partial charge on any atom is -0.0236 e. The van der Waals surface area contributed by atoms with E-state index < -0.39 is 0 Å². The van der Waals surface area contributed by atoms with E-state index in [4.69, 9.17) is 0 Å². The van der Waals surface area contributed by atoms with Crippen molar-refractivity contribution in [2.24, 2.45) is 23.7 Å². The van der Waals surface area contributed by atoms with Crippen molar-refractivity contribution in [1.82, 2.24) is 0 Å². The summed E-state index contributed by atoms with van der Waals surface area (Å²) in [6.45, 7) is 6.28. The minimum absolute atomic E-state index is 0.835. The van der Waals surface area contributed by atoms with E-state index in [1.807, 2.05) is 0 Å². The summed E-state index contributed by atoms with van der Waals surface area (Å²) in [4.78, 5) is 0. The number of hydrogen-bond acceptors (Lipinski definition) is 0. The SMILES string of the molecule is C=CC1CCC([C@H]2CC[C@H](CCCC)CC2)CC1. The molecule has 18 heavy (non-hydrogen) atoms. The lowest BCUT2D eigenvalue weighted by molar-refractivity contribution is 0.152. The van der Waals surface area contributed by atoms with Gasteiger partial charge >= 0.3 is 0 Å². The molecule has 0 radical (unpaired) electrons. The highest BCUT2D eigenvalue weighted by atomic mass is 14.3. The van der Waals surface area contributed by atoms with Crippen LogP contribution in [0.3, 0.4) is 0 Å². The average molecular weight is 248 g/mol. The van der Waals surface area contributed by atoms with E-state index in [2.05, 4.69) is 19.6 Å². The molecule has 0 bridgehead atoms. The fraction of sp³-hybridized carbons (Fsp3) is 0.889. The topological polar surface area (TPSA) is 0 Å². The van der Waals surface area contributed by atoms with Crippen molar-refractivity contribution in [2.45, 2.75) is 77.6 Å². The monoisotopic (exact) mass is 248 g/mol. The molecule has 0 aromatic carbocycles. The molecule has 0 spiro atoms. The standard InChI is InChI=1S/C18H32/c1-3-5-6-16-9-13-18(14-10-16)17-11-7-15(4-2)8-12-17/h4,15-18H,2-3,5-14H2,1H3/t15?,16-,17?,18-. The van der Waals surface area contributed by atoms with E-state index in [9.17, 15) is 0 Å². The van der Waals surface area contributed by atoms with E-state index in [1.165, 1.54) is 70.6 Å². The largest absolute Gasteiger partial charge is 0.103 e. The molecule has 2 saturated carbocycles. The van der Waals surface area contributed by atoms with Crippen LogP contribution in [0.1, 0.15) is 77.6 Å². The van der Waals surface area contributed by atoms with Gasteiger partial charge in [-0.3, -0.25) is 0 Å². The van der Waals surface area contributed by atoms with Gasteiger partial charge in [0.15, 0.2) is 0 Å². The Hall–Kier alpha value is -0.260. The van der Waals surface area contributed by atoms with Crippen LogP contribution in [0.15, 0.2) is 12.7 Å². The number of rotatable bonds is 5. The van der Waals surface area contributed by atoms with Crippen LogP contribution >= 0.6 is 0 Å². The van der Waals surface area contributed by atoms with E-state index in [0.29, 0.717) is 0 Å². The van der Waals surface area contributed by atoms with Crippen LogP contribution in [0.2, 0.25) is 0 Å². The lowest BCUT2D eigenvalue weighted by atomic mass is 9.69. The maximum absolute atomic E-state index is 3.96. The summed E-state index contributed by atoms with van der Waals surface area (Å²) in [6, 6.07) is 0. The number of allylic oxidation sites excluding steroid dienone is 1. The van der Waals surface area contributed by atoms with Gasteiger partial charge in [-0.15, -0.1) is 6.58 Å². The molecular weight excluding hydrogens is 216 g/mol. The summed E-state index contributed by atoms with van der Waals surface area (Å²) in [7, 11) is 0. The van der Waals surface area contributed by atoms with Gasteiger partial charge < -0.3 is 0 Å². The van der Waals surface area contributed by atoms with Gasteiger partial charge in [0.25, 0.3) is 0 Å². The number of unbranched alkanes of at least 4 members (excludes halogenated alkanes) is 1. The smallest absolute Gasteiger partial charge is 0.0236 e. The quantitative estimate of drug-likeness (QED) is 0.525. The lowest BCUT2D eigenvalue weighted by Crippen LogP contribution is -2.25. The summed E-state index contributed by atoms with van der Waals surface area (Å²) in [6.07, 6.45) is 18.5. The Morgan fingerprint density at radius 2 is 1.44 bits per heavy atom. The molecule has 2 aliphatic rings. The Balaban J connectivity index is 1.68. The second kappa shape index (κ2) is 7.36. The highest BCUT2D eigenvalue weighted by molar-refractivity contribution is 4.87. The fourth-order valence-corrected chi connectivity index (χ4v) is 4.29. The molecule has 0 amide bonds. The van der Waals surface area contributed by atoms with Gasteiger partial charge in [-0.2, -0.15) is 0 Å². The highest BCUT2D eigenvalue weighted by Crippen LogP contribution is 2.42. The van der Waals surface area contributed by atoms with Crippen LogP contribution in [0.5, 0.6) is 0 Å². The highest BCUT2D eigenvalue weighted by Gasteiger charge is 2.29. The van der Waals surface area contributed by atoms with Crippen LogP contribution in [0.4, 0.5) is 0 Å². The summed E-state index contributed by atoms with van der Waals surface area (Å²) in [5, 5.41) is 0. The van der Waals surface area contributed by atoms with Crippen LogP contribution < -0.4 is 0 Å². The first-order valence-electron chi connectivity index (χ1n) is 8.46. The van der Waals surface area contributed by atoms with Crippen molar-refractivity contribution >= 4 is 0 Å². The predicted molar refractivity (Wildman–Crippen MR) is 80.6 cm³/mol. The van der Waals surface area contributed by atoms with Crippen molar-refractivity contribution in [1.29, 1.82) is 0 Å². The van der Waals surface area contributed by atoms with E-state index >= 15 is 0 Å². The summed E-state index contributed by atoms with van der Waals surface area (Å²) < 4.78 is 0. The molecule has 0 atom stereocenters. The van der Waals surface area contributed by atoms with Gasteiger partial charge in [-0.25, -0.2) is 0 Å². The molecular formula is C18H32. The van der Waals surface area contributed by atoms with Gasteiger partial charge in [0.1, 0.15) is 0 Å². The molecule has 0 aromatic rings. The first-order chi connectivity index (χ1) is 8.83. The van der Waals surface area contributed by atoms with Crippen LogP contribution in [0, 0.1) is 23.7 Å². The van der Waals surface area contributed by atoms with Crippen molar-refractivity contribution in [3.8, 4) is 0 Å². The second-order valence-corrected chi connectivity index (χ2v) is 6.83. The van der Waals surface area contributed by atoms with Crippen LogP contribution in [0.25, 0.3) is 0 Å². The van der Waals surface area contributed by atoms with Crippen molar-refractivity contribution in [3.63, 3.8) is 0 Å². The van der Waals surface area contributed by atoms with Crippen molar-refractivity contribution in [3.05, 3.63) is 12.7 Å². The van der Waals surface area contributed by atoms with Gasteiger partial charge in [-0.05, 0) is 62.2 Å². The molecule has 104 valence electrons. The van der Waals surface area contributed by atoms with Gasteiger partial charge in [-0.1, -0.05) is 45.1 Å². The first-order valence-corrected chi connectivity index (χ1v) is 8.46.